The topological polar surface area (TPSA) is 72.2 Å². The molecule has 3 N–H and O–H groups in total. The Balaban J connectivity index is 3.17. The summed E-state index contributed by atoms with van der Waals surface area (Å²) in [5.74, 6) is -0.657. The Morgan fingerprint density at radius 2 is 1.68 bits per heavy atom. The van der Waals surface area contributed by atoms with Crippen molar-refractivity contribution in [3.05, 3.63) is 24.0 Å². The number of hydrogen-bond acceptors (Lipinski definition) is 3. The maximum Gasteiger partial charge on any atom is 0.241 e. The fraction of sp³-hybridized carbons (Fsp3) is 0.538. The molecule has 108 valence electrons. The molecule has 0 aliphatic heterocycles. The average molecular weight is 288 g/mol. The maximum absolute atomic E-state index is 13.3. The number of nitrogens with one attached hydrogen (secondary N) is 1. The zero-order chi connectivity index (χ0) is 14.7. The van der Waals surface area contributed by atoms with E-state index < -0.39 is 21.4 Å². The van der Waals surface area contributed by atoms with Crippen LogP contribution in [0.15, 0.2) is 23.1 Å². The number of rotatable bonds is 6. The molecule has 0 heterocycles. The van der Waals surface area contributed by atoms with Gasteiger partial charge >= 0.3 is 0 Å². The smallest absolute Gasteiger partial charge is 0.241 e. The first-order valence-corrected chi connectivity index (χ1v) is 7.87. The van der Waals surface area contributed by atoms with E-state index in [1.54, 1.807) is 0 Å². The highest BCUT2D eigenvalue weighted by molar-refractivity contribution is 7.89. The average Bonchev–Trinajstić information content (AvgIpc) is 2.35. The van der Waals surface area contributed by atoms with E-state index in [0.29, 0.717) is 19.3 Å². The van der Waals surface area contributed by atoms with Crippen molar-refractivity contribution in [2.24, 2.45) is 0 Å². The molecule has 0 bridgehead atoms. The highest BCUT2D eigenvalue weighted by Gasteiger charge is 2.30. The molecule has 1 aromatic rings. The van der Waals surface area contributed by atoms with Crippen molar-refractivity contribution in [2.75, 3.05) is 5.73 Å². The van der Waals surface area contributed by atoms with Crippen molar-refractivity contribution < 1.29 is 12.8 Å². The number of benzene rings is 1. The summed E-state index contributed by atoms with van der Waals surface area (Å²) in [5, 5.41) is 0. The second kappa shape index (κ2) is 5.88. The molecule has 1 rings (SSSR count). The monoisotopic (exact) mass is 288 g/mol. The van der Waals surface area contributed by atoms with Crippen molar-refractivity contribution >= 4 is 15.7 Å². The number of nitrogen functional groups attached to an aromatic ring is 1. The van der Waals surface area contributed by atoms with E-state index in [2.05, 4.69) is 4.72 Å². The number of hydrogen-bond donors (Lipinski definition) is 2. The van der Waals surface area contributed by atoms with Gasteiger partial charge in [-0.3, -0.25) is 0 Å². The van der Waals surface area contributed by atoms with Gasteiger partial charge in [-0.05, 0) is 37.5 Å². The predicted octanol–water partition coefficient (Wildman–Crippen LogP) is 2.66. The third-order valence-corrected chi connectivity index (χ3v) is 5.14. The third-order valence-electron chi connectivity index (χ3n) is 3.59. The highest BCUT2D eigenvalue weighted by atomic mass is 32.2. The number of halogens is 1. The lowest BCUT2D eigenvalue weighted by Gasteiger charge is -2.31. The summed E-state index contributed by atoms with van der Waals surface area (Å²) in [6, 6.07) is 3.33. The molecule has 0 aliphatic rings. The molecule has 0 spiro atoms. The van der Waals surface area contributed by atoms with Gasteiger partial charge in [0.1, 0.15) is 5.82 Å². The number of nitrogens with two attached hydrogens (primary N) is 1. The van der Waals surface area contributed by atoms with E-state index in [9.17, 15) is 12.8 Å². The lowest BCUT2D eigenvalue weighted by Crippen LogP contribution is -2.46. The van der Waals surface area contributed by atoms with Crippen LogP contribution in [0.3, 0.4) is 0 Å². The van der Waals surface area contributed by atoms with Crippen LogP contribution >= 0.6 is 0 Å². The zero-order valence-electron chi connectivity index (χ0n) is 11.5. The van der Waals surface area contributed by atoms with Crippen LogP contribution in [0, 0.1) is 5.82 Å². The largest absolute Gasteiger partial charge is 0.399 e. The molecule has 0 atom stereocenters. The van der Waals surface area contributed by atoms with Crippen molar-refractivity contribution in [3.63, 3.8) is 0 Å². The normalized spacial score (nSPS) is 12.6. The zero-order valence-corrected chi connectivity index (χ0v) is 12.3. The van der Waals surface area contributed by atoms with E-state index in [0.717, 1.165) is 12.1 Å². The molecule has 19 heavy (non-hydrogen) atoms. The first kappa shape index (κ1) is 15.9. The Labute approximate surface area is 114 Å². The van der Waals surface area contributed by atoms with Gasteiger partial charge in [0.05, 0.1) is 4.90 Å². The molecule has 4 nitrogen and oxygen atoms in total. The first-order chi connectivity index (χ1) is 8.78. The molecule has 1 aromatic carbocycles. The summed E-state index contributed by atoms with van der Waals surface area (Å²) >= 11 is 0. The summed E-state index contributed by atoms with van der Waals surface area (Å²) < 4.78 is 40.5. The summed E-state index contributed by atoms with van der Waals surface area (Å²) in [6.45, 7) is 5.78. The summed E-state index contributed by atoms with van der Waals surface area (Å²) in [7, 11) is -3.77. The number of anilines is 1. The Kier molecular flexibility index (Phi) is 4.92. The summed E-state index contributed by atoms with van der Waals surface area (Å²) in [6.07, 6.45) is 2.01. The standard InChI is InChI=1S/C13H21FN2O2S/c1-4-13(5-2,6-3)16-19(17,18)12-8-10(14)7-11(15)9-12/h7-9,16H,4-6,15H2,1-3H3. The summed E-state index contributed by atoms with van der Waals surface area (Å²) in [5.41, 5.74) is 5.08. The van der Waals surface area contributed by atoms with Crippen LogP contribution in [-0.2, 0) is 10.0 Å². The van der Waals surface area contributed by atoms with Crippen molar-refractivity contribution in [1.82, 2.24) is 4.72 Å². The van der Waals surface area contributed by atoms with E-state index in [4.69, 9.17) is 5.73 Å². The molecule has 0 saturated heterocycles. The van der Waals surface area contributed by atoms with Crippen LogP contribution in [0.4, 0.5) is 10.1 Å². The van der Waals surface area contributed by atoms with Gasteiger partial charge in [-0.1, -0.05) is 20.8 Å². The molecular formula is C13H21FN2O2S. The molecule has 6 heteroatoms. The van der Waals surface area contributed by atoms with Crippen LogP contribution in [0.2, 0.25) is 0 Å². The molecule has 0 aliphatic carbocycles. The van der Waals surface area contributed by atoms with Gasteiger partial charge < -0.3 is 5.73 Å². The van der Waals surface area contributed by atoms with Crippen molar-refractivity contribution in [1.29, 1.82) is 0 Å². The maximum atomic E-state index is 13.3. The molecule has 0 fully saturated rings. The Hall–Kier alpha value is -1.14. The van der Waals surface area contributed by atoms with Gasteiger partial charge in [-0.15, -0.1) is 0 Å². The Bertz CT molecular complexity index is 511. The van der Waals surface area contributed by atoms with E-state index in [1.165, 1.54) is 6.07 Å². The van der Waals surface area contributed by atoms with Gasteiger partial charge in [-0.2, -0.15) is 0 Å². The second-order valence-corrected chi connectivity index (χ2v) is 6.35. The van der Waals surface area contributed by atoms with Gasteiger partial charge in [0.15, 0.2) is 0 Å². The molecule has 0 amide bonds. The third kappa shape index (κ3) is 3.67. The molecule has 0 saturated carbocycles. The fourth-order valence-corrected chi connectivity index (χ4v) is 3.73. The minimum Gasteiger partial charge on any atom is -0.399 e. The van der Waals surface area contributed by atoms with Gasteiger partial charge in [0.25, 0.3) is 0 Å². The van der Waals surface area contributed by atoms with Crippen LogP contribution < -0.4 is 10.5 Å². The quantitative estimate of drug-likeness (QED) is 0.790. The number of sulfonamides is 1. The van der Waals surface area contributed by atoms with Gasteiger partial charge in [0, 0.05) is 11.2 Å². The predicted molar refractivity (Wildman–Crippen MR) is 74.7 cm³/mol. The van der Waals surface area contributed by atoms with Crippen LogP contribution in [0.1, 0.15) is 40.0 Å². The minimum absolute atomic E-state index is 0.0930. The molecule has 0 radical (unpaired) electrons. The highest BCUT2D eigenvalue weighted by Crippen LogP contribution is 2.24. The van der Waals surface area contributed by atoms with E-state index in [1.807, 2.05) is 20.8 Å². The van der Waals surface area contributed by atoms with Gasteiger partial charge in [0.2, 0.25) is 10.0 Å². The van der Waals surface area contributed by atoms with Crippen LogP contribution in [0.25, 0.3) is 0 Å². The second-order valence-electron chi connectivity index (χ2n) is 4.67. The lowest BCUT2D eigenvalue weighted by atomic mass is 9.91. The van der Waals surface area contributed by atoms with Gasteiger partial charge in [-0.25, -0.2) is 17.5 Å². The van der Waals surface area contributed by atoms with E-state index in [-0.39, 0.29) is 10.6 Å². The molecule has 0 aromatic heterocycles. The first-order valence-electron chi connectivity index (χ1n) is 6.38. The Morgan fingerprint density at radius 1 is 1.16 bits per heavy atom. The SMILES string of the molecule is CCC(CC)(CC)NS(=O)(=O)c1cc(N)cc(F)c1. The Morgan fingerprint density at radius 3 is 2.11 bits per heavy atom. The fourth-order valence-electron chi connectivity index (χ4n) is 2.05. The van der Waals surface area contributed by atoms with Crippen LogP contribution in [0.5, 0.6) is 0 Å². The van der Waals surface area contributed by atoms with Crippen LogP contribution in [-0.4, -0.2) is 14.0 Å². The minimum atomic E-state index is -3.77. The molecule has 0 unspecified atom stereocenters. The molecular weight excluding hydrogens is 267 g/mol. The van der Waals surface area contributed by atoms with E-state index >= 15 is 0 Å². The van der Waals surface area contributed by atoms with Crippen molar-refractivity contribution in [2.45, 2.75) is 50.5 Å². The lowest BCUT2D eigenvalue weighted by molar-refractivity contribution is 0.341. The summed E-state index contributed by atoms with van der Waals surface area (Å²) in [4.78, 5) is -0.135. The van der Waals surface area contributed by atoms with Crippen molar-refractivity contribution in [3.8, 4) is 0 Å².